The van der Waals surface area contributed by atoms with Crippen LogP contribution in [0.25, 0.3) is 10.8 Å². The molecule has 0 fully saturated rings. The van der Waals surface area contributed by atoms with E-state index in [2.05, 4.69) is 11.9 Å². The Balaban J connectivity index is 2.08. The number of hydrogen-bond donors (Lipinski definition) is 0. The summed E-state index contributed by atoms with van der Waals surface area (Å²) >= 11 is 0. The molecule has 1 atom stereocenters. The van der Waals surface area contributed by atoms with Gasteiger partial charge in [0, 0.05) is 18.3 Å². The number of aliphatic imine (C=N–C) groups is 1. The first-order valence-electron chi connectivity index (χ1n) is 10.4. The molecule has 0 aromatic heterocycles. The van der Waals surface area contributed by atoms with Crippen LogP contribution in [0, 0.1) is 5.92 Å². The fourth-order valence-electron chi connectivity index (χ4n) is 3.24. The maximum atomic E-state index is 13.1. The Morgan fingerprint density at radius 1 is 0.964 bits per heavy atom. The van der Waals surface area contributed by atoms with Crippen molar-refractivity contribution in [2.45, 2.75) is 52.4 Å². The molecule has 0 aliphatic heterocycles. The summed E-state index contributed by atoms with van der Waals surface area (Å²) in [5.41, 5.74) is 0.530. The molecule has 28 heavy (non-hydrogen) atoms. The van der Waals surface area contributed by atoms with Gasteiger partial charge in [-0.1, -0.05) is 81.5 Å². The molecule has 2 aromatic carbocycles. The summed E-state index contributed by atoms with van der Waals surface area (Å²) in [6.07, 6.45) is 8.54. The van der Waals surface area contributed by atoms with Gasteiger partial charge in [-0.2, -0.15) is 0 Å². The minimum Gasteiger partial charge on any atom is -0.465 e. The third-order valence-electron chi connectivity index (χ3n) is 4.77. The van der Waals surface area contributed by atoms with Gasteiger partial charge in [0.2, 0.25) is 0 Å². The predicted octanol–water partition coefficient (Wildman–Crippen LogP) is 5.63. The van der Waals surface area contributed by atoms with E-state index in [1.807, 2.05) is 36.4 Å². The Hall–Kier alpha value is -2.49. The summed E-state index contributed by atoms with van der Waals surface area (Å²) < 4.78 is 5.13. The van der Waals surface area contributed by atoms with Gasteiger partial charge in [-0.05, 0) is 24.1 Å². The van der Waals surface area contributed by atoms with Crippen LogP contribution in [0.5, 0.6) is 0 Å². The third-order valence-corrected chi connectivity index (χ3v) is 4.77. The highest BCUT2D eigenvalue weighted by Crippen LogP contribution is 2.21. The second-order valence-corrected chi connectivity index (χ2v) is 6.94. The van der Waals surface area contributed by atoms with E-state index in [1.165, 1.54) is 31.9 Å². The molecule has 1 unspecified atom stereocenters. The summed E-state index contributed by atoms with van der Waals surface area (Å²) in [4.78, 5) is 29.9. The topological polar surface area (TPSA) is 55.7 Å². The average molecular weight is 382 g/mol. The van der Waals surface area contributed by atoms with Gasteiger partial charge in [0.25, 0.3) is 0 Å². The van der Waals surface area contributed by atoms with Crippen LogP contribution in [0.1, 0.15) is 62.7 Å². The van der Waals surface area contributed by atoms with Gasteiger partial charge in [0.1, 0.15) is 0 Å². The summed E-state index contributed by atoms with van der Waals surface area (Å²) in [6, 6.07) is 13.2. The Kier molecular flexibility index (Phi) is 9.40. The summed E-state index contributed by atoms with van der Waals surface area (Å²) in [6.45, 7) is 4.81. The minimum atomic E-state index is -0.995. The smallest absolute Gasteiger partial charge is 0.322 e. The van der Waals surface area contributed by atoms with Crippen LogP contribution in [0.2, 0.25) is 0 Å². The van der Waals surface area contributed by atoms with Crippen molar-refractivity contribution in [1.82, 2.24) is 0 Å². The largest absolute Gasteiger partial charge is 0.465 e. The highest BCUT2D eigenvalue weighted by Gasteiger charge is 2.28. The molecule has 0 spiro atoms. The monoisotopic (exact) mass is 381 g/mol. The number of rotatable bonds is 12. The van der Waals surface area contributed by atoms with E-state index >= 15 is 0 Å². The van der Waals surface area contributed by atoms with Crippen molar-refractivity contribution in [2.24, 2.45) is 10.9 Å². The number of carbonyl (C=O) groups excluding carboxylic acids is 2. The predicted molar refractivity (Wildman–Crippen MR) is 115 cm³/mol. The van der Waals surface area contributed by atoms with E-state index in [0.29, 0.717) is 12.1 Å². The van der Waals surface area contributed by atoms with Crippen LogP contribution in [-0.4, -0.2) is 31.1 Å². The van der Waals surface area contributed by atoms with E-state index in [4.69, 9.17) is 4.74 Å². The Morgan fingerprint density at radius 3 is 2.46 bits per heavy atom. The second-order valence-electron chi connectivity index (χ2n) is 6.94. The first kappa shape index (κ1) is 21.8. The van der Waals surface area contributed by atoms with Crippen molar-refractivity contribution in [3.05, 3.63) is 48.0 Å². The molecular formula is C24H31NO3. The maximum Gasteiger partial charge on any atom is 0.322 e. The highest BCUT2D eigenvalue weighted by atomic mass is 16.5. The van der Waals surface area contributed by atoms with Crippen LogP contribution in [0.15, 0.2) is 47.5 Å². The van der Waals surface area contributed by atoms with Gasteiger partial charge in [-0.3, -0.25) is 14.6 Å². The van der Waals surface area contributed by atoms with Crippen molar-refractivity contribution < 1.29 is 14.3 Å². The lowest BCUT2D eigenvalue weighted by molar-refractivity contribution is -0.143. The van der Waals surface area contributed by atoms with Crippen LogP contribution in [0.4, 0.5) is 0 Å². The summed E-state index contributed by atoms with van der Waals surface area (Å²) in [7, 11) is 0. The molecule has 0 radical (unpaired) electrons. The molecule has 4 nitrogen and oxygen atoms in total. The van der Waals surface area contributed by atoms with Gasteiger partial charge in [-0.25, -0.2) is 0 Å². The first-order chi connectivity index (χ1) is 13.7. The molecule has 0 heterocycles. The molecule has 2 rings (SSSR count). The number of unbranched alkanes of at least 4 members (excludes halogenated alkanes) is 5. The van der Waals surface area contributed by atoms with Crippen LogP contribution >= 0.6 is 0 Å². The van der Waals surface area contributed by atoms with Gasteiger partial charge in [0.15, 0.2) is 11.7 Å². The fourth-order valence-corrected chi connectivity index (χ4v) is 3.24. The Labute approximate surface area is 168 Å². The zero-order valence-electron chi connectivity index (χ0n) is 17.0. The molecule has 0 bridgehead atoms. The maximum absolute atomic E-state index is 13.1. The second kappa shape index (κ2) is 12.1. The van der Waals surface area contributed by atoms with Crippen LogP contribution in [-0.2, 0) is 9.53 Å². The Morgan fingerprint density at radius 2 is 1.68 bits per heavy atom. The van der Waals surface area contributed by atoms with E-state index in [1.54, 1.807) is 13.0 Å². The normalized spacial score (nSPS) is 12.4. The van der Waals surface area contributed by atoms with E-state index in [0.717, 1.165) is 23.6 Å². The van der Waals surface area contributed by atoms with Gasteiger partial charge < -0.3 is 4.74 Å². The van der Waals surface area contributed by atoms with Crippen molar-refractivity contribution in [2.75, 3.05) is 13.2 Å². The quantitative estimate of drug-likeness (QED) is 0.157. The molecule has 0 amide bonds. The highest BCUT2D eigenvalue weighted by molar-refractivity contribution is 6.22. The zero-order valence-corrected chi connectivity index (χ0v) is 17.0. The molecule has 0 aliphatic carbocycles. The molecule has 0 N–H and O–H groups in total. The molecule has 0 aliphatic rings. The molecule has 0 saturated carbocycles. The van der Waals surface area contributed by atoms with E-state index in [9.17, 15) is 9.59 Å². The lowest BCUT2D eigenvalue weighted by atomic mass is 9.94. The fraction of sp³-hybridized carbons (Fsp3) is 0.458. The molecule has 4 heteroatoms. The van der Waals surface area contributed by atoms with Gasteiger partial charge in [0.05, 0.1) is 6.61 Å². The number of fused-ring (bicyclic) bond motifs is 1. The molecular weight excluding hydrogens is 350 g/mol. The third kappa shape index (κ3) is 6.29. The molecule has 2 aromatic rings. The number of carbonyl (C=O) groups is 2. The van der Waals surface area contributed by atoms with Crippen molar-refractivity contribution in [3.63, 3.8) is 0 Å². The van der Waals surface area contributed by atoms with Crippen molar-refractivity contribution in [3.8, 4) is 0 Å². The SMILES string of the molecule is CCCCCCCCN=CC(C(=O)OCC)C(=O)c1cccc2ccccc12. The average Bonchev–Trinajstić information content (AvgIpc) is 2.72. The number of Topliss-reactive ketones (excluding diaryl/α,β-unsaturated/α-hetero) is 1. The lowest BCUT2D eigenvalue weighted by Crippen LogP contribution is -2.28. The number of esters is 1. The first-order valence-corrected chi connectivity index (χ1v) is 10.4. The molecule has 150 valence electrons. The zero-order chi connectivity index (χ0) is 20.2. The molecule has 0 saturated heterocycles. The number of benzene rings is 2. The van der Waals surface area contributed by atoms with Crippen molar-refractivity contribution >= 4 is 28.7 Å². The number of ketones is 1. The van der Waals surface area contributed by atoms with Gasteiger partial charge >= 0.3 is 5.97 Å². The number of ether oxygens (including phenoxy) is 1. The van der Waals surface area contributed by atoms with E-state index < -0.39 is 11.9 Å². The Bertz CT molecular complexity index is 792. The lowest BCUT2D eigenvalue weighted by Gasteiger charge is -2.12. The van der Waals surface area contributed by atoms with Gasteiger partial charge in [-0.15, -0.1) is 0 Å². The standard InChI is InChI=1S/C24H31NO3/c1-3-5-6-7-8-11-17-25-18-22(24(27)28-4-2)23(26)21-16-12-14-19-13-9-10-15-20(19)21/h9-10,12-16,18,22H,3-8,11,17H2,1-2H3. The number of nitrogens with zero attached hydrogens (tertiary/aromatic N) is 1. The summed E-state index contributed by atoms with van der Waals surface area (Å²) in [5.74, 6) is -1.79. The van der Waals surface area contributed by atoms with Crippen molar-refractivity contribution in [1.29, 1.82) is 0 Å². The van der Waals surface area contributed by atoms with Crippen LogP contribution in [0.3, 0.4) is 0 Å². The minimum absolute atomic E-state index is 0.240. The van der Waals surface area contributed by atoms with E-state index in [-0.39, 0.29) is 12.4 Å². The van der Waals surface area contributed by atoms with Crippen LogP contribution < -0.4 is 0 Å². The summed E-state index contributed by atoms with van der Waals surface area (Å²) in [5, 5.41) is 1.81. The number of hydrogen-bond acceptors (Lipinski definition) is 4.